The van der Waals surface area contributed by atoms with Crippen molar-refractivity contribution in [2.24, 2.45) is 0 Å². The molecule has 0 aliphatic heterocycles. The van der Waals surface area contributed by atoms with Gasteiger partial charge in [0.25, 0.3) is 0 Å². The van der Waals surface area contributed by atoms with Gasteiger partial charge in [-0.1, -0.05) is 6.07 Å². The molecular weight excluding hydrogens is 223 g/mol. The second kappa shape index (κ2) is 3.84. The van der Waals surface area contributed by atoms with Gasteiger partial charge in [0.1, 0.15) is 0 Å². The van der Waals surface area contributed by atoms with Crippen molar-refractivity contribution in [1.29, 1.82) is 0 Å². The van der Waals surface area contributed by atoms with Crippen molar-refractivity contribution < 1.29 is 31.5 Å². The third-order valence-electron chi connectivity index (χ3n) is 1.35. The Morgan fingerprint density at radius 3 is 2.33 bits per heavy atom. The second-order valence-corrected chi connectivity index (χ2v) is 2.44. The highest BCUT2D eigenvalue weighted by Crippen LogP contribution is 2.23. The molecule has 1 aromatic carbocycles. The molecule has 15 heavy (non-hydrogen) atoms. The summed E-state index contributed by atoms with van der Waals surface area (Å²) in [6, 6.07) is 2.31. The summed E-state index contributed by atoms with van der Waals surface area (Å²) < 4.78 is 63.8. The van der Waals surface area contributed by atoms with Gasteiger partial charge in [0.2, 0.25) is 5.82 Å². The molecule has 2 nitrogen and oxygen atoms in total. The monoisotopic (exact) mass is 226 g/mol. The highest BCUT2D eigenvalue weighted by Gasteiger charge is 2.41. The van der Waals surface area contributed by atoms with Gasteiger partial charge < -0.3 is 4.74 Å². The van der Waals surface area contributed by atoms with E-state index in [1.807, 2.05) is 0 Å². The van der Waals surface area contributed by atoms with Gasteiger partial charge in [0.05, 0.1) is 0 Å². The zero-order valence-electron chi connectivity index (χ0n) is 6.94. The maximum absolute atomic E-state index is 12.7. The third-order valence-corrected chi connectivity index (χ3v) is 1.35. The average Bonchev–Trinajstić information content (AvgIpc) is 2.11. The van der Waals surface area contributed by atoms with Gasteiger partial charge in [0, 0.05) is 0 Å². The van der Waals surface area contributed by atoms with Gasteiger partial charge in [-0.25, -0.2) is 9.18 Å². The van der Waals surface area contributed by atoms with Crippen LogP contribution in [0.1, 0.15) is 0 Å². The number of halogens is 5. The quantitative estimate of drug-likeness (QED) is 0.417. The summed E-state index contributed by atoms with van der Waals surface area (Å²) in [6.07, 6.45) is -5.25. The first-order chi connectivity index (χ1) is 6.82. The highest BCUT2D eigenvalue weighted by atomic mass is 19.4. The summed E-state index contributed by atoms with van der Waals surface area (Å²) in [4.78, 5) is 10.3. The van der Waals surface area contributed by atoms with Gasteiger partial charge >= 0.3 is 12.1 Å². The van der Waals surface area contributed by atoms with Crippen molar-refractivity contribution >= 4 is 5.97 Å². The molecule has 7 heteroatoms. The summed E-state index contributed by atoms with van der Waals surface area (Å²) in [5, 5.41) is 0. The van der Waals surface area contributed by atoms with E-state index in [0.29, 0.717) is 12.1 Å². The molecule has 0 saturated heterocycles. The van der Waals surface area contributed by atoms with Gasteiger partial charge in [-0.2, -0.15) is 17.6 Å². The topological polar surface area (TPSA) is 26.3 Å². The highest BCUT2D eigenvalue weighted by molar-refractivity contribution is 5.78. The second-order valence-electron chi connectivity index (χ2n) is 2.44. The first kappa shape index (κ1) is 11.4. The SMILES string of the molecule is O=C(Oc1cccc(F)c1F)C(F)(F)F. The van der Waals surface area contributed by atoms with E-state index in [2.05, 4.69) is 4.74 Å². The lowest BCUT2D eigenvalue weighted by Crippen LogP contribution is -2.28. The van der Waals surface area contributed by atoms with Crippen molar-refractivity contribution in [2.75, 3.05) is 0 Å². The van der Waals surface area contributed by atoms with Gasteiger partial charge in [-0.3, -0.25) is 0 Å². The molecule has 0 radical (unpaired) electrons. The molecule has 0 heterocycles. The molecule has 0 unspecified atom stereocenters. The maximum atomic E-state index is 12.7. The van der Waals surface area contributed by atoms with Crippen LogP contribution >= 0.6 is 0 Å². The minimum atomic E-state index is -5.25. The van der Waals surface area contributed by atoms with Crippen LogP contribution in [0.15, 0.2) is 18.2 Å². The van der Waals surface area contributed by atoms with Crippen molar-refractivity contribution in [3.8, 4) is 5.75 Å². The lowest BCUT2D eigenvalue weighted by atomic mass is 10.3. The van der Waals surface area contributed by atoms with Crippen LogP contribution in [0.3, 0.4) is 0 Å². The Balaban J connectivity index is 2.91. The lowest BCUT2D eigenvalue weighted by Gasteiger charge is -2.07. The lowest BCUT2D eigenvalue weighted by molar-refractivity contribution is -0.189. The van der Waals surface area contributed by atoms with Crippen LogP contribution in [0.25, 0.3) is 0 Å². The Hall–Kier alpha value is -1.66. The fourth-order valence-electron chi connectivity index (χ4n) is 0.721. The van der Waals surface area contributed by atoms with E-state index >= 15 is 0 Å². The maximum Gasteiger partial charge on any atom is 0.491 e. The van der Waals surface area contributed by atoms with Gasteiger partial charge in [-0.05, 0) is 12.1 Å². The van der Waals surface area contributed by atoms with E-state index in [9.17, 15) is 26.7 Å². The van der Waals surface area contributed by atoms with Crippen LogP contribution in [-0.2, 0) is 4.79 Å². The van der Waals surface area contributed by atoms with Crippen LogP contribution < -0.4 is 4.74 Å². The van der Waals surface area contributed by atoms with E-state index in [0.717, 1.165) is 6.07 Å². The van der Waals surface area contributed by atoms with E-state index in [1.165, 1.54) is 0 Å². The standard InChI is InChI=1S/C8H3F5O2/c9-4-2-1-3-5(6(4)10)15-7(14)8(11,12)13/h1-3H. The molecule has 1 rings (SSSR count). The molecule has 0 aromatic heterocycles. The number of rotatable bonds is 1. The molecular formula is C8H3F5O2. The molecule has 0 amide bonds. The Kier molecular flexibility index (Phi) is 2.92. The molecule has 1 aromatic rings. The predicted octanol–water partition coefficient (Wildman–Crippen LogP) is 2.43. The summed E-state index contributed by atoms with van der Waals surface area (Å²) >= 11 is 0. The van der Waals surface area contributed by atoms with Gasteiger partial charge in [-0.15, -0.1) is 0 Å². The number of ether oxygens (including phenoxy) is 1. The fourth-order valence-corrected chi connectivity index (χ4v) is 0.721. The molecule has 0 bridgehead atoms. The van der Waals surface area contributed by atoms with Crippen molar-refractivity contribution in [2.45, 2.75) is 6.18 Å². The number of hydrogen-bond donors (Lipinski definition) is 0. The average molecular weight is 226 g/mol. The zero-order chi connectivity index (χ0) is 11.6. The fraction of sp³-hybridized carbons (Fsp3) is 0.125. The Morgan fingerprint density at radius 1 is 1.20 bits per heavy atom. The minimum Gasteiger partial charge on any atom is -0.417 e. The van der Waals surface area contributed by atoms with Gasteiger partial charge in [0.15, 0.2) is 11.6 Å². The van der Waals surface area contributed by atoms with Crippen LogP contribution in [0.2, 0.25) is 0 Å². The number of esters is 1. The number of hydrogen-bond acceptors (Lipinski definition) is 2. The summed E-state index contributed by atoms with van der Waals surface area (Å²) in [6.45, 7) is 0. The number of carbonyl (C=O) groups excluding carboxylic acids is 1. The van der Waals surface area contributed by atoms with E-state index in [1.54, 1.807) is 0 Å². The molecule has 0 spiro atoms. The Morgan fingerprint density at radius 2 is 1.80 bits per heavy atom. The van der Waals surface area contributed by atoms with E-state index < -0.39 is 29.5 Å². The molecule has 0 saturated carbocycles. The predicted molar refractivity (Wildman–Crippen MR) is 38.0 cm³/mol. The van der Waals surface area contributed by atoms with Crippen molar-refractivity contribution in [3.05, 3.63) is 29.8 Å². The Labute approximate surface area is 80.3 Å². The van der Waals surface area contributed by atoms with E-state index in [4.69, 9.17) is 0 Å². The van der Waals surface area contributed by atoms with E-state index in [-0.39, 0.29) is 0 Å². The summed E-state index contributed by atoms with van der Waals surface area (Å²) in [7, 11) is 0. The zero-order valence-corrected chi connectivity index (χ0v) is 6.94. The smallest absolute Gasteiger partial charge is 0.417 e. The van der Waals surface area contributed by atoms with Crippen LogP contribution in [0, 0.1) is 11.6 Å². The first-order valence-electron chi connectivity index (χ1n) is 3.55. The van der Waals surface area contributed by atoms with Crippen LogP contribution in [0.4, 0.5) is 22.0 Å². The Bertz CT molecular complexity index is 385. The van der Waals surface area contributed by atoms with Crippen molar-refractivity contribution in [1.82, 2.24) is 0 Å². The van der Waals surface area contributed by atoms with Crippen molar-refractivity contribution in [3.63, 3.8) is 0 Å². The first-order valence-corrected chi connectivity index (χ1v) is 3.55. The third kappa shape index (κ3) is 2.64. The number of benzene rings is 1. The normalized spacial score (nSPS) is 11.3. The van der Waals surface area contributed by atoms with Crippen LogP contribution in [-0.4, -0.2) is 12.1 Å². The van der Waals surface area contributed by atoms with Crippen LogP contribution in [0.5, 0.6) is 5.75 Å². The number of alkyl halides is 3. The minimum absolute atomic E-state index is 0.681. The molecule has 0 aliphatic carbocycles. The molecule has 0 aliphatic rings. The largest absolute Gasteiger partial charge is 0.491 e. The molecule has 0 atom stereocenters. The molecule has 0 N–H and O–H groups in total. The summed E-state index contributed by atoms with van der Waals surface area (Å²) in [5.41, 5.74) is 0. The molecule has 82 valence electrons. The summed E-state index contributed by atoms with van der Waals surface area (Å²) in [5.74, 6) is -6.75. The molecule has 0 fully saturated rings. The number of carbonyl (C=O) groups is 1.